The number of carboxylic acid groups (broad SMARTS) is 1. The minimum atomic E-state index is -0.681. The molecule has 4 rings (SSSR count). The number of fused-ring (bicyclic) bond motifs is 5. The van der Waals surface area contributed by atoms with Crippen molar-refractivity contribution >= 4 is 5.97 Å². The Kier molecular flexibility index (Phi) is 5.12. The highest BCUT2D eigenvalue weighted by atomic mass is 16.4. The van der Waals surface area contributed by atoms with Crippen LogP contribution in [-0.2, 0) is 4.79 Å². The monoisotopic (exact) mass is 378 g/mol. The fourth-order valence-corrected chi connectivity index (χ4v) is 8.28. The van der Waals surface area contributed by atoms with Crippen molar-refractivity contribution in [1.82, 2.24) is 0 Å². The van der Waals surface area contributed by atoms with Crippen LogP contribution in [0, 0.1) is 40.4 Å². The number of carbonyl (C=O) groups is 1. The normalized spacial score (nSPS) is 51.9. The Balaban J connectivity index is 1.53. The summed E-state index contributed by atoms with van der Waals surface area (Å²) >= 11 is 0. The van der Waals surface area contributed by atoms with Gasteiger partial charge in [0.15, 0.2) is 0 Å². The second kappa shape index (κ2) is 7.02. The summed E-state index contributed by atoms with van der Waals surface area (Å²) in [7, 11) is 0. The molecule has 27 heavy (non-hydrogen) atoms. The molecule has 9 unspecified atom stereocenters. The van der Waals surface area contributed by atoms with Gasteiger partial charge in [-0.05, 0) is 105 Å². The molecule has 0 heterocycles. The van der Waals surface area contributed by atoms with E-state index < -0.39 is 5.97 Å². The molecule has 3 N–H and O–H groups in total. The van der Waals surface area contributed by atoms with Crippen LogP contribution in [-0.4, -0.2) is 33.5 Å². The van der Waals surface area contributed by atoms with Crippen molar-refractivity contribution in [3.05, 3.63) is 0 Å². The van der Waals surface area contributed by atoms with Gasteiger partial charge in [-0.15, -0.1) is 0 Å². The van der Waals surface area contributed by atoms with E-state index in [0.29, 0.717) is 29.6 Å². The molecular weight excluding hydrogens is 340 g/mol. The summed E-state index contributed by atoms with van der Waals surface area (Å²) in [5.74, 6) is 1.99. The number of aliphatic hydroxyl groups excluding tert-OH is 2. The minimum absolute atomic E-state index is 0.175. The van der Waals surface area contributed by atoms with E-state index in [4.69, 9.17) is 5.11 Å². The van der Waals surface area contributed by atoms with E-state index in [2.05, 4.69) is 13.8 Å². The quantitative estimate of drug-likeness (QED) is 0.684. The number of aliphatic hydroxyl groups is 2. The van der Waals surface area contributed by atoms with Crippen molar-refractivity contribution in [3.8, 4) is 0 Å². The van der Waals surface area contributed by atoms with Crippen LogP contribution in [0.1, 0.15) is 84.5 Å². The first-order valence-corrected chi connectivity index (χ1v) is 11.3. The summed E-state index contributed by atoms with van der Waals surface area (Å²) in [6.45, 7) is 4.90. The predicted molar refractivity (Wildman–Crippen MR) is 104 cm³/mol. The fourth-order valence-electron chi connectivity index (χ4n) is 8.28. The number of hydrogen-bond acceptors (Lipinski definition) is 3. The lowest BCUT2D eigenvalue weighted by Crippen LogP contribution is -2.58. The molecule has 4 heteroatoms. The molecule has 4 saturated carbocycles. The van der Waals surface area contributed by atoms with Crippen molar-refractivity contribution < 1.29 is 20.1 Å². The van der Waals surface area contributed by atoms with Gasteiger partial charge in [-0.25, -0.2) is 0 Å². The molecule has 0 saturated heterocycles. The van der Waals surface area contributed by atoms with Crippen LogP contribution in [0.15, 0.2) is 0 Å². The largest absolute Gasteiger partial charge is 0.481 e. The maximum Gasteiger partial charge on any atom is 0.303 e. The Morgan fingerprint density at radius 3 is 2.41 bits per heavy atom. The first kappa shape index (κ1) is 19.7. The number of rotatable bonds is 4. The summed E-state index contributed by atoms with van der Waals surface area (Å²) in [5.41, 5.74) is 0.559. The molecule has 4 fully saturated rings. The van der Waals surface area contributed by atoms with Gasteiger partial charge >= 0.3 is 5.97 Å². The lowest BCUT2D eigenvalue weighted by molar-refractivity contribution is -0.172. The van der Waals surface area contributed by atoms with Crippen LogP contribution in [0.4, 0.5) is 0 Å². The second-order valence-corrected chi connectivity index (χ2v) is 10.8. The molecule has 4 aliphatic rings. The maximum absolute atomic E-state index is 11.2. The van der Waals surface area contributed by atoms with Crippen LogP contribution >= 0.6 is 0 Å². The van der Waals surface area contributed by atoms with Crippen molar-refractivity contribution in [2.24, 2.45) is 40.4 Å². The van der Waals surface area contributed by atoms with Crippen molar-refractivity contribution in [2.75, 3.05) is 0 Å². The fraction of sp³-hybridized carbons (Fsp3) is 0.957. The Bertz CT molecular complexity index is 577. The van der Waals surface area contributed by atoms with Gasteiger partial charge < -0.3 is 15.3 Å². The summed E-state index contributed by atoms with van der Waals surface area (Å²) in [6, 6.07) is 0. The van der Waals surface area contributed by atoms with E-state index in [1.54, 1.807) is 0 Å². The molecule has 4 aliphatic carbocycles. The number of carboxylic acids is 1. The third-order valence-corrected chi connectivity index (χ3v) is 9.80. The van der Waals surface area contributed by atoms with Crippen molar-refractivity contribution in [2.45, 2.75) is 96.7 Å². The molecule has 9 atom stereocenters. The zero-order chi connectivity index (χ0) is 19.4. The van der Waals surface area contributed by atoms with Crippen molar-refractivity contribution in [1.29, 1.82) is 0 Å². The second-order valence-electron chi connectivity index (χ2n) is 10.8. The average Bonchev–Trinajstić information content (AvgIpc) is 2.93. The predicted octanol–water partition coefficient (Wildman–Crippen LogP) is 4.23. The summed E-state index contributed by atoms with van der Waals surface area (Å²) in [5, 5.41) is 30.3. The van der Waals surface area contributed by atoms with Crippen LogP contribution in [0.2, 0.25) is 0 Å². The Morgan fingerprint density at radius 1 is 0.963 bits per heavy atom. The number of hydrogen-bond donors (Lipinski definition) is 3. The van der Waals surface area contributed by atoms with Crippen LogP contribution in [0.3, 0.4) is 0 Å². The molecule has 0 spiro atoms. The maximum atomic E-state index is 11.2. The van der Waals surface area contributed by atoms with Gasteiger partial charge in [-0.1, -0.05) is 13.8 Å². The topological polar surface area (TPSA) is 77.8 Å². The third kappa shape index (κ3) is 3.15. The molecule has 0 radical (unpaired) electrons. The van der Waals surface area contributed by atoms with Gasteiger partial charge in [-0.3, -0.25) is 4.79 Å². The van der Waals surface area contributed by atoms with E-state index in [9.17, 15) is 15.0 Å². The molecule has 154 valence electrons. The molecule has 0 aromatic carbocycles. The minimum Gasteiger partial charge on any atom is -0.481 e. The summed E-state index contributed by atoms with van der Waals surface area (Å²) in [4.78, 5) is 10.9. The third-order valence-electron chi connectivity index (χ3n) is 9.80. The Hall–Kier alpha value is -0.610. The van der Waals surface area contributed by atoms with E-state index in [1.165, 1.54) is 25.7 Å². The highest BCUT2D eigenvalue weighted by molar-refractivity contribution is 5.66. The average molecular weight is 379 g/mol. The lowest BCUT2D eigenvalue weighted by Gasteiger charge is -2.62. The van der Waals surface area contributed by atoms with Crippen LogP contribution in [0.5, 0.6) is 0 Å². The standard InChI is InChI=1S/C23H38O4/c1-22-11-9-18-21(17(22)7-6-14(22)4-3-5-20(26)27)19(25)13-15-12-16(24)8-10-23(15,18)2/h14-19,21,24-25H,3-13H2,1-2H3,(H,26,27). The van der Waals surface area contributed by atoms with Gasteiger partial charge in [0.2, 0.25) is 0 Å². The highest BCUT2D eigenvalue weighted by Crippen LogP contribution is 2.67. The molecule has 0 aliphatic heterocycles. The first-order valence-electron chi connectivity index (χ1n) is 11.3. The van der Waals surface area contributed by atoms with Gasteiger partial charge in [-0.2, -0.15) is 0 Å². The lowest BCUT2D eigenvalue weighted by atomic mass is 9.44. The summed E-state index contributed by atoms with van der Waals surface area (Å²) < 4.78 is 0. The van der Waals surface area contributed by atoms with Gasteiger partial charge in [0.1, 0.15) is 0 Å². The van der Waals surface area contributed by atoms with Gasteiger partial charge in [0.25, 0.3) is 0 Å². The number of aliphatic carboxylic acids is 1. The molecule has 0 aromatic rings. The van der Waals surface area contributed by atoms with Crippen molar-refractivity contribution in [3.63, 3.8) is 0 Å². The van der Waals surface area contributed by atoms with E-state index >= 15 is 0 Å². The molecular formula is C23H38O4. The highest BCUT2D eigenvalue weighted by Gasteiger charge is 2.62. The Morgan fingerprint density at radius 2 is 1.67 bits per heavy atom. The zero-order valence-corrected chi connectivity index (χ0v) is 17.1. The molecule has 0 aromatic heterocycles. The summed E-state index contributed by atoms with van der Waals surface area (Å²) in [6.07, 6.45) is 10.3. The molecule has 0 bridgehead atoms. The van der Waals surface area contributed by atoms with E-state index in [1.807, 2.05) is 0 Å². The van der Waals surface area contributed by atoms with Gasteiger partial charge in [0.05, 0.1) is 12.2 Å². The molecule has 0 amide bonds. The van der Waals surface area contributed by atoms with E-state index in [-0.39, 0.29) is 29.5 Å². The zero-order valence-electron chi connectivity index (χ0n) is 17.1. The van der Waals surface area contributed by atoms with Crippen LogP contribution < -0.4 is 0 Å². The smallest absolute Gasteiger partial charge is 0.303 e. The first-order chi connectivity index (χ1) is 12.8. The SMILES string of the molecule is CC12CCC3C(C(O)CC4CC(O)CCC43C)C1CCC2CCCC(=O)O. The van der Waals surface area contributed by atoms with Gasteiger partial charge in [0, 0.05) is 6.42 Å². The van der Waals surface area contributed by atoms with Crippen LogP contribution in [0.25, 0.3) is 0 Å². The molecule has 4 nitrogen and oxygen atoms in total. The van der Waals surface area contributed by atoms with E-state index in [0.717, 1.165) is 38.5 Å². The Labute approximate surface area is 163 Å².